The third-order valence-electron chi connectivity index (χ3n) is 3.92. The number of fused-ring (bicyclic) bond motifs is 1. The molecule has 24 heavy (non-hydrogen) atoms. The van der Waals surface area contributed by atoms with Crippen LogP contribution in [0.15, 0.2) is 41.8 Å². The highest BCUT2D eigenvalue weighted by Gasteiger charge is 2.27. The maximum atomic E-state index is 6.01. The van der Waals surface area contributed by atoms with Gasteiger partial charge < -0.3 is 18.6 Å². The number of aromatic nitrogens is 5. The summed E-state index contributed by atoms with van der Waals surface area (Å²) in [6.07, 6.45) is 3.46. The van der Waals surface area contributed by atoms with Crippen LogP contribution in [0, 0.1) is 0 Å². The number of rotatable bonds is 4. The molecule has 1 aliphatic rings. The van der Waals surface area contributed by atoms with Crippen LogP contribution in [-0.4, -0.2) is 30.9 Å². The van der Waals surface area contributed by atoms with Gasteiger partial charge in [-0.2, -0.15) is 0 Å². The SMILES string of the molecule is Cn1ccnc1CSc1nnc(C2COc3ccccc3O2)n1C. The van der Waals surface area contributed by atoms with Crippen molar-refractivity contribution in [2.45, 2.75) is 17.0 Å². The van der Waals surface area contributed by atoms with Crippen LogP contribution in [0.1, 0.15) is 17.8 Å². The number of hydrogen-bond acceptors (Lipinski definition) is 6. The van der Waals surface area contributed by atoms with Gasteiger partial charge in [-0.15, -0.1) is 10.2 Å². The van der Waals surface area contributed by atoms with E-state index in [0.29, 0.717) is 6.61 Å². The molecule has 0 radical (unpaired) electrons. The van der Waals surface area contributed by atoms with Crippen molar-refractivity contribution in [3.8, 4) is 11.5 Å². The molecule has 1 unspecified atom stereocenters. The molecule has 0 bridgehead atoms. The molecule has 3 aromatic rings. The average Bonchev–Trinajstić information content (AvgIpc) is 3.18. The molecule has 0 saturated carbocycles. The largest absolute Gasteiger partial charge is 0.485 e. The summed E-state index contributed by atoms with van der Waals surface area (Å²) in [6.45, 7) is 0.424. The first-order chi connectivity index (χ1) is 11.7. The molecular weight excluding hydrogens is 326 g/mol. The second-order valence-electron chi connectivity index (χ2n) is 5.51. The fraction of sp³-hybridized carbons (Fsp3) is 0.312. The van der Waals surface area contributed by atoms with E-state index in [0.717, 1.165) is 34.1 Å². The topological polar surface area (TPSA) is 67.0 Å². The molecular formula is C16H17N5O2S. The number of aryl methyl sites for hydroxylation is 1. The van der Waals surface area contributed by atoms with Crippen molar-refractivity contribution in [3.05, 3.63) is 48.3 Å². The lowest BCUT2D eigenvalue weighted by Crippen LogP contribution is -2.24. The van der Waals surface area contributed by atoms with Gasteiger partial charge in [0.2, 0.25) is 0 Å². The van der Waals surface area contributed by atoms with Crippen molar-refractivity contribution in [2.75, 3.05) is 6.61 Å². The van der Waals surface area contributed by atoms with Crippen molar-refractivity contribution in [3.63, 3.8) is 0 Å². The Kier molecular flexibility index (Phi) is 3.89. The van der Waals surface area contributed by atoms with Gasteiger partial charge in [0.05, 0.1) is 5.75 Å². The van der Waals surface area contributed by atoms with E-state index in [-0.39, 0.29) is 6.10 Å². The fourth-order valence-corrected chi connectivity index (χ4v) is 3.47. The Morgan fingerprint density at radius 3 is 2.83 bits per heavy atom. The van der Waals surface area contributed by atoms with E-state index in [1.54, 1.807) is 18.0 Å². The van der Waals surface area contributed by atoms with Gasteiger partial charge in [-0.3, -0.25) is 0 Å². The third-order valence-corrected chi connectivity index (χ3v) is 4.93. The molecule has 4 rings (SSSR count). The van der Waals surface area contributed by atoms with Crippen LogP contribution in [0.3, 0.4) is 0 Å². The lowest BCUT2D eigenvalue weighted by Gasteiger charge is -2.25. The van der Waals surface area contributed by atoms with Crippen molar-refractivity contribution in [1.29, 1.82) is 0 Å². The van der Waals surface area contributed by atoms with Crippen molar-refractivity contribution in [2.24, 2.45) is 14.1 Å². The van der Waals surface area contributed by atoms with Gasteiger partial charge in [-0.1, -0.05) is 23.9 Å². The van der Waals surface area contributed by atoms with E-state index in [9.17, 15) is 0 Å². The van der Waals surface area contributed by atoms with Crippen LogP contribution >= 0.6 is 11.8 Å². The predicted molar refractivity (Wildman–Crippen MR) is 89.1 cm³/mol. The summed E-state index contributed by atoms with van der Waals surface area (Å²) in [5.74, 6) is 3.99. The first-order valence-electron chi connectivity index (χ1n) is 7.59. The molecule has 8 heteroatoms. The summed E-state index contributed by atoms with van der Waals surface area (Å²) < 4.78 is 15.7. The van der Waals surface area contributed by atoms with E-state index < -0.39 is 0 Å². The second-order valence-corrected chi connectivity index (χ2v) is 6.45. The van der Waals surface area contributed by atoms with Gasteiger partial charge in [-0.05, 0) is 12.1 Å². The predicted octanol–water partition coefficient (Wildman–Crippen LogP) is 2.35. The summed E-state index contributed by atoms with van der Waals surface area (Å²) in [6, 6.07) is 7.65. The van der Waals surface area contributed by atoms with Gasteiger partial charge in [0, 0.05) is 26.5 Å². The number of ether oxygens (including phenoxy) is 2. The van der Waals surface area contributed by atoms with Crippen molar-refractivity contribution in [1.82, 2.24) is 24.3 Å². The normalized spacial score (nSPS) is 16.3. The Morgan fingerprint density at radius 1 is 1.21 bits per heavy atom. The number of imidazole rings is 1. The molecule has 0 saturated heterocycles. The monoisotopic (exact) mass is 343 g/mol. The molecule has 0 N–H and O–H groups in total. The minimum atomic E-state index is -0.264. The maximum absolute atomic E-state index is 6.01. The Bertz CT molecular complexity index is 860. The lowest BCUT2D eigenvalue weighted by molar-refractivity contribution is 0.0825. The lowest BCUT2D eigenvalue weighted by atomic mass is 10.2. The number of hydrogen-bond donors (Lipinski definition) is 0. The van der Waals surface area contributed by atoms with Gasteiger partial charge in [0.15, 0.2) is 28.6 Å². The highest BCUT2D eigenvalue weighted by Crippen LogP contribution is 2.35. The van der Waals surface area contributed by atoms with Crippen LogP contribution in [0.5, 0.6) is 11.5 Å². The van der Waals surface area contributed by atoms with Crippen molar-refractivity contribution >= 4 is 11.8 Å². The molecule has 7 nitrogen and oxygen atoms in total. The zero-order valence-corrected chi connectivity index (χ0v) is 14.2. The highest BCUT2D eigenvalue weighted by atomic mass is 32.2. The van der Waals surface area contributed by atoms with E-state index >= 15 is 0 Å². The van der Waals surface area contributed by atoms with E-state index in [2.05, 4.69) is 15.2 Å². The van der Waals surface area contributed by atoms with Gasteiger partial charge in [-0.25, -0.2) is 4.98 Å². The number of para-hydroxylation sites is 2. The van der Waals surface area contributed by atoms with E-state index in [4.69, 9.17) is 9.47 Å². The molecule has 124 valence electrons. The minimum Gasteiger partial charge on any atom is -0.485 e. The molecule has 2 aromatic heterocycles. The van der Waals surface area contributed by atoms with Crippen molar-refractivity contribution < 1.29 is 9.47 Å². The molecule has 1 aliphatic heterocycles. The number of nitrogens with zero attached hydrogens (tertiary/aromatic N) is 5. The molecule has 3 heterocycles. The van der Waals surface area contributed by atoms with E-state index in [1.165, 1.54) is 0 Å². The molecule has 1 atom stereocenters. The van der Waals surface area contributed by atoms with E-state index in [1.807, 2.05) is 53.7 Å². The van der Waals surface area contributed by atoms with Gasteiger partial charge >= 0.3 is 0 Å². The molecule has 0 fully saturated rings. The summed E-state index contributed by atoms with van der Waals surface area (Å²) in [4.78, 5) is 4.32. The average molecular weight is 343 g/mol. The standard InChI is InChI=1S/C16H17N5O2S/c1-20-8-7-17-14(20)10-24-16-19-18-15(21(16)2)13-9-22-11-5-3-4-6-12(11)23-13/h3-8,13H,9-10H2,1-2H3. The Balaban J connectivity index is 1.49. The van der Waals surface area contributed by atoms with Crippen LogP contribution < -0.4 is 9.47 Å². The Hall–Kier alpha value is -2.48. The molecule has 0 spiro atoms. The zero-order valence-electron chi connectivity index (χ0n) is 13.4. The first-order valence-corrected chi connectivity index (χ1v) is 8.57. The summed E-state index contributed by atoms with van der Waals surface area (Å²) in [7, 11) is 3.93. The smallest absolute Gasteiger partial charge is 0.192 e. The zero-order chi connectivity index (χ0) is 16.5. The maximum Gasteiger partial charge on any atom is 0.192 e. The van der Waals surface area contributed by atoms with Crippen LogP contribution in [0.4, 0.5) is 0 Å². The number of thioether (sulfide) groups is 1. The second kappa shape index (κ2) is 6.20. The Labute approximate surface area is 143 Å². The summed E-state index contributed by atoms with van der Waals surface area (Å²) in [5, 5.41) is 9.40. The van der Waals surface area contributed by atoms with Crippen LogP contribution in [0.25, 0.3) is 0 Å². The fourth-order valence-electron chi connectivity index (χ4n) is 2.54. The highest BCUT2D eigenvalue weighted by molar-refractivity contribution is 7.98. The summed E-state index contributed by atoms with van der Waals surface area (Å²) in [5.41, 5.74) is 0. The number of benzene rings is 1. The minimum absolute atomic E-state index is 0.264. The molecule has 0 amide bonds. The summed E-state index contributed by atoms with van der Waals surface area (Å²) >= 11 is 1.60. The van der Waals surface area contributed by atoms with Gasteiger partial charge in [0.25, 0.3) is 0 Å². The third kappa shape index (κ3) is 2.73. The quantitative estimate of drug-likeness (QED) is 0.678. The van der Waals surface area contributed by atoms with Crippen LogP contribution in [-0.2, 0) is 19.8 Å². The van der Waals surface area contributed by atoms with Gasteiger partial charge in [0.1, 0.15) is 12.4 Å². The molecule has 1 aromatic carbocycles. The van der Waals surface area contributed by atoms with Crippen LogP contribution in [0.2, 0.25) is 0 Å². The Morgan fingerprint density at radius 2 is 2.04 bits per heavy atom. The molecule has 0 aliphatic carbocycles. The first kappa shape index (κ1) is 15.1.